The van der Waals surface area contributed by atoms with Gasteiger partial charge in [0.15, 0.2) is 0 Å². The molecule has 3 nitrogen and oxygen atoms in total. The minimum absolute atomic E-state index is 0.0739. The van der Waals surface area contributed by atoms with E-state index in [1.54, 1.807) is 25.1 Å². The molecular formula is C21H13F3O3. The van der Waals surface area contributed by atoms with Gasteiger partial charge in [-0.15, -0.1) is 0 Å². The number of aryl methyl sites for hydroxylation is 1. The molecule has 0 fully saturated rings. The number of halogens is 3. The zero-order valence-corrected chi connectivity index (χ0v) is 14.1. The van der Waals surface area contributed by atoms with Gasteiger partial charge in [-0.25, -0.2) is 0 Å². The van der Waals surface area contributed by atoms with Crippen molar-refractivity contribution in [3.63, 3.8) is 0 Å². The Balaban J connectivity index is 2.12. The number of hydrogen-bond acceptors (Lipinski definition) is 3. The summed E-state index contributed by atoms with van der Waals surface area (Å²) in [6.45, 7) is 1.70. The SMILES string of the molecule is Cc1c(O)ccc2c1ccc1occ(-c3ccccc3C(F)(F)F)c(=O)c12. The van der Waals surface area contributed by atoms with Crippen LogP contribution in [-0.2, 0) is 6.18 Å². The molecule has 1 heterocycles. The van der Waals surface area contributed by atoms with Crippen LogP contribution < -0.4 is 5.43 Å². The highest BCUT2D eigenvalue weighted by Gasteiger charge is 2.34. The van der Waals surface area contributed by atoms with E-state index < -0.39 is 17.2 Å². The van der Waals surface area contributed by atoms with E-state index in [1.165, 1.54) is 24.3 Å². The van der Waals surface area contributed by atoms with E-state index in [4.69, 9.17) is 4.42 Å². The third-order valence-corrected chi connectivity index (χ3v) is 4.70. The van der Waals surface area contributed by atoms with Gasteiger partial charge in [-0.05, 0) is 47.5 Å². The van der Waals surface area contributed by atoms with Crippen LogP contribution in [0.15, 0.2) is 64.0 Å². The molecule has 0 aliphatic rings. The van der Waals surface area contributed by atoms with E-state index in [9.17, 15) is 23.1 Å². The number of aromatic hydroxyl groups is 1. The van der Waals surface area contributed by atoms with Crippen molar-refractivity contribution >= 4 is 21.7 Å². The van der Waals surface area contributed by atoms with Crippen LogP contribution >= 0.6 is 0 Å². The van der Waals surface area contributed by atoms with Crippen LogP contribution in [0.2, 0.25) is 0 Å². The maximum atomic E-state index is 13.4. The van der Waals surface area contributed by atoms with Gasteiger partial charge < -0.3 is 9.52 Å². The molecule has 0 saturated carbocycles. The number of phenolic OH excluding ortho intramolecular Hbond substituents is 1. The van der Waals surface area contributed by atoms with Crippen LogP contribution in [0, 0.1) is 6.92 Å². The summed E-state index contributed by atoms with van der Waals surface area (Å²) in [5.41, 5.74) is -0.989. The predicted octanol–water partition coefficient (Wildman–Crippen LogP) is 5.65. The third-order valence-electron chi connectivity index (χ3n) is 4.70. The number of alkyl halides is 3. The smallest absolute Gasteiger partial charge is 0.417 e. The first kappa shape index (κ1) is 17.1. The number of hydrogen-bond donors (Lipinski definition) is 1. The molecule has 136 valence electrons. The highest BCUT2D eigenvalue weighted by Crippen LogP contribution is 2.37. The van der Waals surface area contributed by atoms with Gasteiger partial charge in [0.05, 0.1) is 16.5 Å². The molecule has 0 atom stereocenters. The molecule has 0 unspecified atom stereocenters. The topological polar surface area (TPSA) is 50.4 Å². The van der Waals surface area contributed by atoms with Crippen molar-refractivity contribution in [2.24, 2.45) is 0 Å². The van der Waals surface area contributed by atoms with Gasteiger partial charge in [-0.2, -0.15) is 13.2 Å². The van der Waals surface area contributed by atoms with Gasteiger partial charge in [0, 0.05) is 5.56 Å². The van der Waals surface area contributed by atoms with E-state index in [1.807, 2.05) is 0 Å². The fourth-order valence-corrected chi connectivity index (χ4v) is 3.32. The second-order valence-electron chi connectivity index (χ2n) is 6.27. The highest BCUT2D eigenvalue weighted by molar-refractivity contribution is 6.08. The number of fused-ring (bicyclic) bond motifs is 3. The summed E-state index contributed by atoms with van der Waals surface area (Å²) >= 11 is 0. The van der Waals surface area contributed by atoms with E-state index in [2.05, 4.69) is 0 Å². The Labute approximate surface area is 151 Å². The molecule has 0 saturated heterocycles. The lowest BCUT2D eigenvalue weighted by atomic mass is 9.96. The van der Waals surface area contributed by atoms with Crippen LogP contribution in [0.4, 0.5) is 13.2 Å². The fraction of sp³-hybridized carbons (Fsp3) is 0.0952. The quantitative estimate of drug-likeness (QED) is 0.441. The Morgan fingerprint density at radius 3 is 2.37 bits per heavy atom. The lowest BCUT2D eigenvalue weighted by molar-refractivity contribution is -0.137. The zero-order valence-electron chi connectivity index (χ0n) is 14.1. The third kappa shape index (κ3) is 2.65. The second kappa shape index (κ2) is 5.87. The van der Waals surface area contributed by atoms with Gasteiger partial charge in [0.2, 0.25) is 5.43 Å². The molecule has 4 aromatic rings. The Kier molecular flexibility index (Phi) is 3.73. The maximum Gasteiger partial charge on any atom is 0.417 e. The minimum Gasteiger partial charge on any atom is -0.508 e. The normalized spacial score (nSPS) is 12.0. The van der Waals surface area contributed by atoms with Gasteiger partial charge in [-0.3, -0.25) is 4.79 Å². The summed E-state index contributed by atoms with van der Waals surface area (Å²) in [5.74, 6) is 0.0739. The Hall–Kier alpha value is -3.28. The van der Waals surface area contributed by atoms with Crippen LogP contribution in [-0.4, -0.2) is 5.11 Å². The molecule has 3 aromatic carbocycles. The van der Waals surface area contributed by atoms with Crippen molar-refractivity contribution in [3.8, 4) is 16.9 Å². The first-order valence-corrected chi connectivity index (χ1v) is 8.12. The molecule has 0 bridgehead atoms. The highest BCUT2D eigenvalue weighted by atomic mass is 19.4. The summed E-state index contributed by atoms with van der Waals surface area (Å²) in [6.07, 6.45) is -3.53. The summed E-state index contributed by atoms with van der Waals surface area (Å²) < 4.78 is 45.6. The van der Waals surface area contributed by atoms with E-state index in [-0.39, 0.29) is 27.8 Å². The molecule has 1 aromatic heterocycles. The molecule has 0 aliphatic heterocycles. The van der Waals surface area contributed by atoms with Crippen molar-refractivity contribution in [2.45, 2.75) is 13.1 Å². The average molecular weight is 370 g/mol. The maximum absolute atomic E-state index is 13.4. The number of rotatable bonds is 1. The van der Waals surface area contributed by atoms with Crippen LogP contribution in [0.25, 0.3) is 32.9 Å². The van der Waals surface area contributed by atoms with Gasteiger partial charge in [-0.1, -0.05) is 24.3 Å². The number of phenols is 1. The molecule has 4 rings (SSSR count). The minimum atomic E-state index is -4.60. The summed E-state index contributed by atoms with van der Waals surface area (Å²) in [7, 11) is 0. The van der Waals surface area contributed by atoms with E-state index in [0.29, 0.717) is 16.3 Å². The molecule has 0 amide bonds. The van der Waals surface area contributed by atoms with Gasteiger partial charge >= 0.3 is 6.18 Å². The van der Waals surface area contributed by atoms with E-state index in [0.717, 1.165) is 12.3 Å². The molecule has 6 heteroatoms. The first-order valence-electron chi connectivity index (χ1n) is 8.12. The zero-order chi connectivity index (χ0) is 19.3. The van der Waals surface area contributed by atoms with Gasteiger partial charge in [0.25, 0.3) is 0 Å². The second-order valence-corrected chi connectivity index (χ2v) is 6.27. The molecule has 1 N–H and O–H groups in total. The van der Waals surface area contributed by atoms with Crippen molar-refractivity contribution in [1.82, 2.24) is 0 Å². The number of benzene rings is 3. The van der Waals surface area contributed by atoms with Crippen LogP contribution in [0.3, 0.4) is 0 Å². The lowest BCUT2D eigenvalue weighted by Crippen LogP contribution is -2.11. The van der Waals surface area contributed by atoms with Crippen molar-refractivity contribution < 1.29 is 22.7 Å². The molecule has 0 radical (unpaired) electrons. The summed E-state index contributed by atoms with van der Waals surface area (Å²) in [4.78, 5) is 13.1. The Morgan fingerprint density at radius 2 is 1.63 bits per heavy atom. The van der Waals surface area contributed by atoms with Crippen LogP contribution in [0.5, 0.6) is 5.75 Å². The largest absolute Gasteiger partial charge is 0.508 e. The van der Waals surface area contributed by atoms with Crippen molar-refractivity contribution in [3.05, 3.63) is 76.1 Å². The Bertz CT molecular complexity index is 1250. The first-order chi connectivity index (χ1) is 12.8. The van der Waals surface area contributed by atoms with E-state index >= 15 is 0 Å². The monoisotopic (exact) mass is 370 g/mol. The van der Waals surface area contributed by atoms with Gasteiger partial charge in [0.1, 0.15) is 17.6 Å². The standard InChI is InChI=1S/C21H13F3O3/c1-11-12-7-9-18-19(14(12)6-8-17(11)25)20(26)15(10-27-18)13-4-2-3-5-16(13)21(22,23)24/h2-10,25H,1H3. The van der Waals surface area contributed by atoms with Crippen molar-refractivity contribution in [2.75, 3.05) is 0 Å². The van der Waals surface area contributed by atoms with Crippen molar-refractivity contribution in [1.29, 1.82) is 0 Å². The molecule has 0 spiro atoms. The van der Waals surface area contributed by atoms with Crippen LogP contribution in [0.1, 0.15) is 11.1 Å². The fourth-order valence-electron chi connectivity index (χ4n) is 3.32. The Morgan fingerprint density at radius 1 is 0.926 bits per heavy atom. The summed E-state index contributed by atoms with van der Waals surface area (Å²) in [5, 5.41) is 11.2. The lowest BCUT2D eigenvalue weighted by Gasteiger charge is -2.13. The molecular weight excluding hydrogens is 357 g/mol. The summed E-state index contributed by atoms with van der Waals surface area (Å²) in [6, 6.07) is 11.2. The predicted molar refractivity (Wildman–Crippen MR) is 96.8 cm³/mol. The molecule has 27 heavy (non-hydrogen) atoms. The molecule has 0 aliphatic carbocycles. The average Bonchev–Trinajstić information content (AvgIpc) is 2.64.